The van der Waals surface area contributed by atoms with Crippen molar-refractivity contribution in [2.24, 2.45) is 10.9 Å². The zero-order valence-corrected chi connectivity index (χ0v) is 10.2. The van der Waals surface area contributed by atoms with Gasteiger partial charge in [0.2, 0.25) is 0 Å². The Morgan fingerprint density at radius 2 is 2.11 bits per heavy atom. The van der Waals surface area contributed by atoms with Crippen LogP contribution in [0, 0.1) is 0 Å². The molecule has 0 radical (unpaired) electrons. The van der Waals surface area contributed by atoms with Crippen molar-refractivity contribution < 1.29 is 18.4 Å². The van der Waals surface area contributed by atoms with Crippen LogP contribution in [0.25, 0.3) is 11.3 Å². The summed E-state index contributed by atoms with van der Waals surface area (Å²) in [5.41, 5.74) is 5.27. The number of hydrogen-bond acceptors (Lipinski definition) is 4. The SMILES string of the molecule is N/C(=N\O)c1nc(-c2cccc(C(F)(F)F)c2)cs1. The van der Waals surface area contributed by atoms with Gasteiger partial charge in [-0.2, -0.15) is 13.2 Å². The summed E-state index contributed by atoms with van der Waals surface area (Å²) in [4.78, 5) is 4.01. The molecule has 0 aliphatic heterocycles. The van der Waals surface area contributed by atoms with Crippen LogP contribution in [-0.2, 0) is 6.18 Å². The Morgan fingerprint density at radius 3 is 2.74 bits per heavy atom. The molecular formula is C11H8F3N3OS. The lowest BCUT2D eigenvalue weighted by Gasteiger charge is -2.07. The molecule has 19 heavy (non-hydrogen) atoms. The maximum absolute atomic E-state index is 12.6. The predicted octanol–water partition coefficient (Wildman–Crippen LogP) is 2.92. The molecule has 3 N–H and O–H groups in total. The quantitative estimate of drug-likeness (QED) is 0.386. The Hall–Kier alpha value is -2.09. The number of alkyl halides is 3. The van der Waals surface area contributed by atoms with Crippen molar-refractivity contribution in [1.82, 2.24) is 4.98 Å². The third-order valence-electron chi connectivity index (χ3n) is 2.32. The number of aromatic nitrogens is 1. The fourth-order valence-corrected chi connectivity index (χ4v) is 2.15. The van der Waals surface area contributed by atoms with E-state index in [1.807, 2.05) is 0 Å². The van der Waals surface area contributed by atoms with E-state index in [-0.39, 0.29) is 10.8 Å². The minimum Gasteiger partial charge on any atom is -0.409 e. The molecule has 100 valence electrons. The van der Waals surface area contributed by atoms with Crippen molar-refractivity contribution in [2.45, 2.75) is 6.18 Å². The number of oxime groups is 1. The molecule has 0 fully saturated rings. The maximum Gasteiger partial charge on any atom is 0.416 e. The topological polar surface area (TPSA) is 71.5 Å². The summed E-state index contributed by atoms with van der Waals surface area (Å²) in [5, 5.41) is 13.1. The van der Waals surface area contributed by atoms with Crippen LogP contribution in [0.4, 0.5) is 13.2 Å². The number of thiazole rings is 1. The highest BCUT2D eigenvalue weighted by Crippen LogP contribution is 2.32. The monoisotopic (exact) mass is 287 g/mol. The number of nitrogens with two attached hydrogens (primary N) is 1. The minimum absolute atomic E-state index is 0.178. The molecule has 0 amide bonds. The number of amidine groups is 1. The van der Waals surface area contributed by atoms with Gasteiger partial charge in [-0.25, -0.2) is 4.98 Å². The third kappa shape index (κ3) is 2.84. The van der Waals surface area contributed by atoms with Crippen LogP contribution >= 0.6 is 11.3 Å². The second kappa shape index (κ2) is 4.88. The molecule has 0 spiro atoms. The maximum atomic E-state index is 12.6. The second-order valence-electron chi connectivity index (χ2n) is 3.60. The first-order valence-electron chi connectivity index (χ1n) is 5.03. The lowest BCUT2D eigenvalue weighted by Crippen LogP contribution is -2.12. The molecule has 8 heteroatoms. The lowest BCUT2D eigenvalue weighted by atomic mass is 10.1. The van der Waals surface area contributed by atoms with Gasteiger partial charge in [-0.05, 0) is 12.1 Å². The van der Waals surface area contributed by atoms with Crippen LogP contribution in [0.15, 0.2) is 34.8 Å². The Labute approximate surface area is 110 Å². The normalized spacial score (nSPS) is 12.7. The zero-order chi connectivity index (χ0) is 14.0. The van der Waals surface area contributed by atoms with Gasteiger partial charge in [0.05, 0.1) is 11.3 Å². The van der Waals surface area contributed by atoms with Crippen LogP contribution in [-0.4, -0.2) is 16.0 Å². The van der Waals surface area contributed by atoms with Gasteiger partial charge >= 0.3 is 6.18 Å². The number of halogens is 3. The fourth-order valence-electron chi connectivity index (χ4n) is 1.42. The first-order chi connectivity index (χ1) is 8.91. The minimum atomic E-state index is -4.40. The summed E-state index contributed by atoms with van der Waals surface area (Å²) in [6, 6.07) is 4.81. The van der Waals surface area contributed by atoms with Gasteiger partial charge in [-0.15, -0.1) is 11.3 Å². The smallest absolute Gasteiger partial charge is 0.409 e. The number of hydrogen-bond donors (Lipinski definition) is 2. The summed E-state index contributed by atoms with van der Waals surface area (Å²) in [6.07, 6.45) is -4.40. The van der Waals surface area contributed by atoms with Gasteiger partial charge in [-0.3, -0.25) is 0 Å². The van der Waals surface area contributed by atoms with Gasteiger partial charge in [0, 0.05) is 10.9 Å². The molecule has 0 unspecified atom stereocenters. The highest BCUT2D eigenvalue weighted by Gasteiger charge is 2.30. The van der Waals surface area contributed by atoms with Crippen molar-refractivity contribution in [3.63, 3.8) is 0 Å². The number of rotatable bonds is 2. The highest BCUT2D eigenvalue weighted by molar-refractivity contribution is 7.12. The Morgan fingerprint density at radius 1 is 1.37 bits per heavy atom. The summed E-state index contributed by atoms with van der Waals surface area (Å²) < 4.78 is 37.7. The van der Waals surface area contributed by atoms with Crippen molar-refractivity contribution in [1.29, 1.82) is 0 Å². The van der Waals surface area contributed by atoms with E-state index in [0.29, 0.717) is 11.3 Å². The zero-order valence-electron chi connectivity index (χ0n) is 9.35. The molecule has 1 aromatic heterocycles. The van der Waals surface area contributed by atoms with Crippen molar-refractivity contribution in [3.8, 4) is 11.3 Å². The largest absolute Gasteiger partial charge is 0.416 e. The number of nitrogens with zero attached hydrogens (tertiary/aromatic N) is 2. The molecule has 1 heterocycles. The molecule has 2 aromatic rings. The average Bonchev–Trinajstić information content (AvgIpc) is 2.86. The van der Waals surface area contributed by atoms with Gasteiger partial charge < -0.3 is 10.9 Å². The first kappa shape index (κ1) is 13.3. The summed E-state index contributed by atoms with van der Waals surface area (Å²) in [6.45, 7) is 0. The van der Waals surface area contributed by atoms with Gasteiger partial charge in [0.1, 0.15) is 0 Å². The van der Waals surface area contributed by atoms with Gasteiger partial charge in [-0.1, -0.05) is 17.3 Å². The van der Waals surface area contributed by atoms with E-state index in [9.17, 15) is 13.2 Å². The summed E-state index contributed by atoms with van der Waals surface area (Å²) >= 11 is 1.08. The Bertz CT molecular complexity index is 622. The molecule has 0 aliphatic carbocycles. The van der Waals surface area contributed by atoms with E-state index in [0.717, 1.165) is 23.5 Å². The molecule has 0 atom stereocenters. The fraction of sp³-hybridized carbons (Fsp3) is 0.0909. The van der Waals surface area contributed by atoms with Gasteiger partial charge in [0.25, 0.3) is 0 Å². The van der Waals surface area contributed by atoms with Crippen LogP contribution in [0.1, 0.15) is 10.6 Å². The van der Waals surface area contributed by atoms with E-state index < -0.39 is 11.7 Å². The molecular weight excluding hydrogens is 279 g/mol. The second-order valence-corrected chi connectivity index (χ2v) is 4.46. The summed E-state index contributed by atoms with van der Waals surface area (Å²) in [5.74, 6) is -0.178. The van der Waals surface area contributed by atoms with E-state index >= 15 is 0 Å². The van der Waals surface area contributed by atoms with Crippen molar-refractivity contribution in [3.05, 3.63) is 40.2 Å². The molecule has 0 saturated carbocycles. The van der Waals surface area contributed by atoms with Crippen LogP contribution in [0.2, 0.25) is 0 Å². The highest BCUT2D eigenvalue weighted by atomic mass is 32.1. The molecule has 2 rings (SSSR count). The van der Waals surface area contributed by atoms with E-state index in [4.69, 9.17) is 10.9 Å². The van der Waals surface area contributed by atoms with Crippen LogP contribution in [0.5, 0.6) is 0 Å². The molecule has 1 aromatic carbocycles. The molecule has 0 aliphatic rings. The molecule has 0 bridgehead atoms. The van der Waals surface area contributed by atoms with Crippen LogP contribution in [0.3, 0.4) is 0 Å². The van der Waals surface area contributed by atoms with Crippen molar-refractivity contribution >= 4 is 17.2 Å². The first-order valence-corrected chi connectivity index (χ1v) is 5.91. The lowest BCUT2D eigenvalue weighted by molar-refractivity contribution is -0.137. The Kier molecular flexibility index (Phi) is 3.43. The van der Waals surface area contributed by atoms with Gasteiger partial charge in [0.15, 0.2) is 10.8 Å². The standard InChI is InChI=1S/C11H8F3N3OS/c12-11(13,14)7-3-1-2-6(4-7)8-5-19-10(16-8)9(15)17-18/h1-5,18H,(H2,15,17). The molecule has 4 nitrogen and oxygen atoms in total. The predicted molar refractivity (Wildman–Crippen MR) is 65.1 cm³/mol. The van der Waals surface area contributed by atoms with Crippen LogP contribution < -0.4 is 5.73 Å². The number of benzene rings is 1. The Balaban J connectivity index is 2.40. The average molecular weight is 287 g/mol. The van der Waals surface area contributed by atoms with E-state index in [1.54, 1.807) is 5.38 Å². The molecule has 0 saturated heterocycles. The summed E-state index contributed by atoms with van der Waals surface area (Å²) in [7, 11) is 0. The van der Waals surface area contributed by atoms with E-state index in [2.05, 4.69) is 10.1 Å². The van der Waals surface area contributed by atoms with Crippen molar-refractivity contribution in [2.75, 3.05) is 0 Å². The third-order valence-corrected chi connectivity index (χ3v) is 3.18. The van der Waals surface area contributed by atoms with E-state index in [1.165, 1.54) is 12.1 Å².